The molecule has 0 spiro atoms. The normalized spacial score (nSPS) is 15.2. The summed E-state index contributed by atoms with van der Waals surface area (Å²) in [6, 6.07) is 7.34. The van der Waals surface area contributed by atoms with Crippen molar-refractivity contribution in [2.45, 2.75) is 64.6 Å². The quantitative estimate of drug-likeness (QED) is 0.733. The summed E-state index contributed by atoms with van der Waals surface area (Å²) in [5.74, 6) is 0.498. The molecule has 2 amide bonds. The zero-order valence-corrected chi connectivity index (χ0v) is 16.1. The number of nitrogens with one attached hydrogen (secondary N) is 2. The first-order valence-electron chi connectivity index (χ1n) is 9.22. The maximum atomic E-state index is 12.2. The van der Waals surface area contributed by atoms with Gasteiger partial charge < -0.3 is 10.1 Å². The van der Waals surface area contributed by atoms with Crippen molar-refractivity contribution >= 4 is 28.2 Å². The molecule has 1 saturated carbocycles. The van der Waals surface area contributed by atoms with Crippen LogP contribution in [-0.2, 0) is 11.3 Å². The Balaban J connectivity index is 1.54. The van der Waals surface area contributed by atoms with Gasteiger partial charge >= 0.3 is 6.03 Å². The summed E-state index contributed by atoms with van der Waals surface area (Å²) in [4.78, 5) is 12.2. The minimum absolute atomic E-state index is 0.172. The number of amides is 2. The molecule has 1 aromatic carbocycles. The first-order chi connectivity index (χ1) is 12.6. The molecular formula is C19H26N4O2S. The molecule has 1 aromatic heterocycles. The lowest BCUT2D eigenvalue weighted by atomic mass is 9.90. The van der Waals surface area contributed by atoms with Gasteiger partial charge in [0.15, 0.2) is 0 Å². The monoisotopic (exact) mass is 374 g/mol. The summed E-state index contributed by atoms with van der Waals surface area (Å²) in [5, 5.41) is 15.6. The van der Waals surface area contributed by atoms with Crippen LogP contribution in [0.1, 0.15) is 62.4 Å². The molecule has 26 heavy (non-hydrogen) atoms. The molecule has 2 aromatic rings. The van der Waals surface area contributed by atoms with Crippen LogP contribution in [0.5, 0.6) is 0 Å². The number of benzene rings is 1. The fourth-order valence-corrected chi connectivity index (χ4v) is 3.97. The molecule has 1 aliphatic rings. The van der Waals surface area contributed by atoms with Crippen LogP contribution in [0.3, 0.4) is 0 Å². The Kier molecular flexibility index (Phi) is 6.57. The van der Waals surface area contributed by atoms with Crippen LogP contribution < -0.4 is 10.6 Å². The van der Waals surface area contributed by atoms with E-state index in [4.69, 9.17) is 4.74 Å². The third-order valence-electron chi connectivity index (χ3n) is 4.38. The van der Waals surface area contributed by atoms with Gasteiger partial charge in [0, 0.05) is 11.6 Å². The highest BCUT2D eigenvalue weighted by molar-refractivity contribution is 7.15. The molecule has 0 unspecified atom stereocenters. The Bertz CT molecular complexity index is 726. The minimum Gasteiger partial charge on any atom is -0.374 e. The average molecular weight is 375 g/mol. The Hall–Kier alpha value is -1.99. The SMILES string of the molecule is CC(C)OCc1cccc(NC(=O)Nc2nnc(C3CCCCC3)s2)c1. The van der Waals surface area contributed by atoms with Crippen molar-refractivity contribution in [3.05, 3.63) is 34.8 Å². The first-order valence-corrected chi connectivity index (χ1v) is 10.0. The summed E-state index contributed by atoms with van der Waals surface area (Å²) in [6.07, 6.45) is 6.34. The van der Waals surface area contributed by atoms with Crippen molar-refractivity contribution in [2.75, 3.05) is 10.6 Å². The summed E-state index contributed by atoms with van der Waals surface area (Å²) >= 11 is 1.48. The molecule has 1 fully saturated rings. The summed E-state index contributed by atoms with van der Waals surface area (Å²) in [6.45, 7) is 4.52. The molecular weight excluding hydrogens is 348 g/mol. The Morgan fingerprint density at radius 2 is 2.04 bits per heavy atom. The highest BCUT2D eigenvalue weighted by Crippen LogP contribution is 2.35. The van der Waals surface area contributed by atoms with Crippen LogP contribution in [0, 0.1) is 0 Å². The second-order valence-electron chi connectivity index (χ2n) is 6.92. The highest BCUT2D eigenvalue weighted by atomic mass is 32.1. The molecule has 0 radical (unpaired) electrons. The Labute approximate surface area is 158 Å². The van der Waals surface area contributed by atoms with Crippen molar-refractivity contribution in [1.82, 2.24) is 10.2 Å². The molecule has 0 bridgehead atoms. The number of hydrogen-bond donors (Lipinski definition) is 2. The van der Waals surface area contributed by atoms with E-state index in [1.807, 2.05) is 38.1 Å². The molecule has 1 aliphatic carbocycles. The van der Waals surface area contributed by atoms with E-state index in [2.05, 4.69) is 20.8 Å². The third kappa shape index (κ3) is 5.51. The Morgan fingerprint density at radius 1 is 1.23 bits per heavy atom. The number of nitrogens with zero attached hydrogens (tertiary/aromatic N) is 2. The number of rotatable bonds is 6. The van der Waals surface area contributed by atoms with Crippen LogP contribution >= 0.6 is 11.3 Å². The van der Waals surface area contributed by atoms with E-state index in [1.165, 1.54) is 43.4 Å². The number of hydrogen-bond acceptors (Lipinski definition) is 5. The molecule has 2 N–H and O–H groups in total. The highest BCUT2D eigenvalue weighted by Gasteiger charge is 2.20. The average Bonchev–Trinajstić information content (AvgIpc) is 3.09. The number of carbonyl (C=O) groups is 1. The molecule has 0 saturated heterocycles. The van der Waals surface area contributed by atoms with Gasteiger partial charge in [-0.05, 0) is 44.4 Å². The van der Waals surface area contributed by atoms with Crippen LogP contribution in [0.25, 0.3) is 0 Å². The third-order valence-corrected chi connectivity index (χ3v) is 5.38. The molecule has 0 atom stereocenters. The zero-order valence-electron chi connectivity index (χ0n) is 15.3. The first kappa shape index (κ1) is 18.8. The second-order valence-corrected chi connectivity index (χ2v) is 7.93. The van der Waals surface area contributed by atoms with Crippen LogP contribution in [0.4, 0.5) is 15.6 Å². The van der Waals surface area contributed by atoms with Gasteiger partial charge in [0.05, 0.1) is 12.7 Å². The van der Waals surface area contributed by atoms with Gasteiger partial charge in [-0.3, -0.25) is 5.32 Å². The van der Waals surface area contributed by atoms with Crippen molar-refractivity contribution in [1.29, 1.82) is 0 Å². The number of urea groups is 1. The number of carbonyl (C=O) groups excluding carboxylic acids is 1. The van der Waals surface area contributed by atoms with Crippen molar-refractivity contribution in [3.63, 3.8) is 0 Å². The lowest BCUT2D eigenvalue weighted by Crippen LogP contribution is -2.19. The van der Waals surface area contributed by atoms with Crippen LogP contribution in [-0.4, -0.2) is 22.3 Å². The van der Waals surface area contributed by atoms with E-state index in [0.29, 0.717) is 17.7 Å². The van der Waals surface area contributed by atoms with E-state index in [1.54, 1.807) is 0 Å². The molecule has 7 heteroatoms. The maximum Gasteiger partial charge on any atom is 0.325 e. The molecule has 6 nitrogen and oxygen atoms in total. The van der Waals surface area contributed by atoms with Crippen LogP contribution in [0.2, 0.25) is 0 Å². The summed E-state index contributed by atoms with van der Waals surface area (Å²) in [7, 11) is 0. The Morgan fingerprint density at radius 3 is 2.81 bits per heavy atom. The fraction of sp³-hybridized carbons (Fsp3) is 0.526. The largest absolute Gasteiger partial charge is 0.374 e. The predicted octanol–water partition coefficient (Wildman–Crippen LogP) is 5.15. The lowest BCUT2D eigenvalue weighted by Gasteiger charge is -2.18. The van der Waals surface area contributed by atoms with Crippen LogP contribution in [0.15, 0.2) is 24.3 Å². The van der Waals surface area contributed by atoms with E-state index >= 15 is 0 Å². The van der Waals surface area contributed by atoms with Gasteiger partial charge in [-0.1, -0.05) is 42.7 Å². The van der Waals surface area contributed by atoms with Gasteiger partial charge in [0.25, 0.3) is 0 Å². The topological polar surface area (TPSA) is 76.1 Å². The van der Waals surface area contributed by atoms with Gasteiger partial charge in [0.2, 0.25) is 5.13 Å². The minimum atomic E-state index is -0.307. The zero-order chi connectivity index (χ0) is 18.4. The molecule has 1 heterocycles. The van der Waals surface area contributed by atoms with Gasteiger partial charge in [-0.15, -0.1) is 10.2 Å². The second kappa shape index (κ2) is 9.09. The smallest absolute Gasteiger partial charge is 0.325 e. The van der Waals surface area contributed by atoms with E-state index in [-0.39, 0.29) is 12.1 Å². The maximum absolute atomic E-state index is 12.2. The van der Waals surface area contributed by atoms with Gasteiger partial charge in [-0.2, -0.15) is 0 Å². The lowest BCUT2D eigenvalue weighted by molar-refractivity contribution is 0.0657. The van der Waals surface area contributed by atoms with Gasteiger partial charge in [-0.25, -0.2) is 4.79 Å². The molecule has 3 rings (SSSR count). The van der Waals surface area contributed by atoms with Crippen molar-refractivity contribution in [2.24, 2.45) is 0 Å². The van der Waals surface area contributed by atoms with E-state index < -0.39 is 0 Å². The molecule has 0 aliphatic heterocycles. The number of anilines is 2. The van der Waals surface area contributed by atoms with Gasteiger partial charge in [0.1, 0.15) is 5.01 Å². The molecule has 140 valence electrons. The predicted molar refractivity (Wildman–Crippen MR) is 105 cm³/mol. The summed E-state index contributed by atoms with van der Waals surface area (Å²) in [5.41, 5.74) is 1.75. The van der Waals surface area contributed by atoms with E-state index in [0.717, 1.165) is 16.3 Å². The fourth-order valence-electron chi connectivity index (χ4n) is 3.06. The standard InChI is InChI=1S/C19H26N4O2S/c1-13(2)25-12-14-7-6-10-16(11-14)20-18(24)21-19-23-22-17(26-19)15-8-4-3-5-9-15/h6-7,10-11,13,15H,3-5,8-9,12H2,1-2H3,(H2,20,21,23,24). The number of aromatic nitrogens is 2. The van der Waals surface area contributed by atoms with Crippen molar-refractivity contribution < 1.29 is 9.53 Å². The summed E-state index contributed by atoms with van der Waals surface area (Å²) < 4.78 is 5.60. The van der Waals surface area contributed by atoms with Crippen molar-refractivity contribution in [3.8, 4) is 0 Å². The number of ether oxygens (including phenoxy) is 1. The van der Waals surface area contributed by atoms with E-state index in [9.17, 15) is 4.79 Å².